The van der Waals surface area contributed by atoms with E-state index in [4.69, 9.17) is 4.43 Å². The molecule has 0 unspecified atom stereocenters. The monoisotopic (exact) mass is 323 g/mol. The highest BCUT2D eigenvalue weighted by Gasteiger charge is 2.44. The number of benzene rings is 1. The molecule has 1 aromatic carbocycles. The molecule has 0 heterocycles. The highest BCUT2D eigenvalue weighted by molar-refractivity contribution is 6.77. The van der Waals surface area contributed by atoms with Gasteiger partial charge in [-0.3, -0.25) is 10.1 Å². The standard InChI is InChI=1S/C17H29NO3Si/c1-12(2)22(13(3)4,14(5)6)21-11-16-8-9-17(18(19)20)15(7)10-16/h8-10,12-14H,11H2,1-7H3. The fourth-order valence-electron chi connectivity index (χ4n) is 3.72. The molecular formula is C17H29NO3Si. The molecular weight excluding hydrogens is 294 g/mol. The van der Waals surface area contributed by atoms with Crippen LogP contribution in [0.25, 0.3) is 0 Å². The van der Waals surface area contributed by atoms with Gasteiger partial charge in [-0.25, -0.2) is 0 Å². The van der Waals surface area contributed by atoms with E-state index in [1.165, 1.54) is 0 Å². The Morgan fingerprint density at radius 1 is 1.09 bits per heavy atom. The van der Waals surface area contributed by atoms with Crippen molar-refractivity contribution in [3.8, 4) is 0 Å². The summed E-state index contributed by atoms with van der Waals surface area (Å²) in [5.41, 5.74) is 3.48. The van der Waals surface area contributed by atoms with Crippen molar-refractivity contribution in [1.29, 1.82) is 0 Å². The second kappa shape index (κ2) is 7.37. The number of hydrogen-bond acceptors (Lipinski definition) is 3. The number of nitro benzene ring substituents is 1. The van der Waals surface area contributed by atoms with E-state index in [0.29, 0.717) is 28.8 Å². The van der Waals surface area contributed by atoms with Gasteiger partial charge >= 0.3 is 0 Å². The lowest BCUT2D eigenvalue weighted by Crippen LogP contribution is -2.47. The van der Waals surface area contributed by atoms with Crippen molar-refractivity contribution in [2.24, 2.45) is 0 Å². The van der Waals surface area contributed by atoms with Crippen molar-refractivity contribution in [3.05, 3.63) is 39.4 Å². The van der Waals surface area contributed by atoms with Gasteiger partial charge in [-0.1, -0.05) is 41.5 Å². The predicted molar refractivity (Wildman–Crippen MR) is 93.7 cm³/mol. The van der Waals surface area contributed by atoms with Crippen LogP contribution in [-0.4, -0.2) is 13.2 Å². The van der Waals surface area contributed by atoms with Gasteiger partial charge in [-0.15, -0.1) is 0 Å². The molecule has 1 rings (SSSR count). The van der Waals surface area contributed by atoms with Crippen LogP contribution < -0.4 is 0 Å². The molecule has 0 bridgehead atoms. The number of nitro groups is 1. The average Bonchev–Trinajstić information content (AvgIpc) is 2.37. The van der Waals surface area contributed by atoms with E-state index in [2.05, 4.69) is 41.5 Å². The van der Waals surface area contributed by atoms with Crippen LogP contribution in [-0.2, 0) is 11.0 Å². The molecule has 5 heteroatoms. The summed E-state index contributed by atoms with van der Waals surface area (Å²) in [5, 5.41) is 10.9. The second-order valence-electron chi connectivity index (χ2n) is 6.98. The van der Waals surface area contributed by atoms with E-state index in [9.17, 15) is 10.1 Å². The lowest BCUT2D eigenvalue weighted by atomic mass is 10.1. The molecule has 0 spiro atoms. The van der Waals surface area contributed by atoms with E-state index in [-0.39, 0.29) is 10.6 Å². The maximum absolute atomic E-state index is 10.9. The molecule has 0 radical (unpaired) electrons. The Balaban J connectivity index is 2.99. The maximum atomic E-state index is 10.9. The van der Waals surface area contributed by atoms with Crippen LogP contribution in [0.3, 0.4) is 0 Å². The third-order valence-electron chi connectivity index (χ3n) is 4.65. The summed E-state index contributed by atoms with van der Waals surface area (Å²) >= 11 is 0. The summed E-state index contributed by atoms with van der Waals surface area (Å²) in [6.45, 7) is 15.9. The van der Waals surface area contributed by atoms with E-state index >= 15 is 0 Å². The smallest absolute Gasteiger partial charge is 0.272 e. The first-order chi connectivity index (χ1) is 10.1. The van der Waals surface area contributed by atoms with Gasteiger partial charge in [0.2, 0.25) is 8.32 Å². The molecule has 124 valence electrons. The molecule has 0 N–H and O–H groups in total. The quantitative estimate of drug-likeness (QED) is 0.373. The lowest BCUT2D eigenvalue weighted by molar-refractivity contribution is -0.385. The Bertz CT molecular complexity index is 505. The summed E-state index contributed by atoms with van der Waals surface area (Å²) in [6.07, 6.45) is 0. The van der Waals surface area contributed by atoms with Crippen LogP contribution in [0.2, 0.25) is 16.6 Å². The van der Waals surface area contributed by atoms with E-state index in [1.807, 2.05) is 12.1 Å². The Morgan fingerprint density at radius 2 is 1.59 bits per heavy atom. The first-order valence-electron chi connectivity index (χ1n) is 8.00. The fourth-order valence-corrected chi connectivity index (χ4v) is 9.14. The van der Waals surface area contributed by atoms with Crippen LogP contribution in [0.5, 0.6) is 0 Å². The van der Waals surface area contributed by atoms with Gasteiger partial charge in [0, 0.05) is 11.6 Å². The number of aryl methyl sites for hydroxylation is 1. The van der Waals surface area contributed by atoms with Crippen molar-refractivity contribution < 1.29 is 9.35 Å². The third-order valence-corrected chi connectivity index (χ3v) is 10.7. The summed E-state index contributed by atoms with van der Waals surface area (Å²) in [5.74, 6) is 0. The minimum atomic E-state index is -1.90. The van der Waals surface area contributed by atoms with Gasteiger partial charge < -0.3 is 4.43 Å². The highest BCUT2D eigenvalue weighted by Crippen LogP contribution is 2.42. The van der Waals surface area contributed by atoms with E-state index < -0.39 is 8.32 Å². The average molecular weight is 324 g/mol. The van der Waals surface area contributed by atoms with Crippen molar-refractivity contribution in [2.45, 2.75) is 71.7 Å². The first kappa shape index (κ1) is 18.8. The predicted octanol–water partition coefficient (Wildman–Crippen LogP) is 5.60. The van der Waals surface area contributed by atoms with Gasteiger partial charge in [-0.05, 0) is 41.2 Å². The fraction of sp³-hybridized carbons (Fsp3) is 0.647. The number of rotatable bonds is 7. The molecule has 0 atom stereocenters. The Morgan fingerprint density at radius 3 is 1.95 bits per heavy atom. The third kappa shape index (κ3) is 3.76. The molecule has 0 aliphatic rings. The molecule has 0 aliphatic carbocycles. The van der Waals surface area contributed by atoms with Crippen molar-refractivity contribution in [1.82, 2.24) is 0 Å². The largest absolute Gasteiger partial charge is 0.412 e. The van der Waals surface area contributed by atoms with E-state index in [1.54, 1.807) is 13.0 Å². The highest BCUT2D eigenvalue weighted by atomic mass is 28.4. The Labute approximate surface area is 135 Å². The Kier molecular flexibility index (Phi) is 6.32. The van der Waals surface area contributed by atoms with Crippen LogP contribution >= 0.6 is 0 Å². The summed E-state index contributed by atoms with van der Waals surface area (Å²) in [6, 6.07) is 5.26. The first-order valence-corrected chi connectivity index (χ1v) is 10.1. The molecule has 22 heavy (non-hydrogen) atoms. The van der Waals surface area contributed by atoms with Gasteiger partial charge in [0.15, 0.2) is 0 Å². The summed E-state index contributed by atoms with van der Waals surface area (Å²) in [7, 11) is -1.90. The lowest BCUT2D eigenvalue weighted by Gasteiger charge is -2.42. The minimum Gasteiger partial charge on any atom is -0.412 e. The topological polar surface area (TPSA) is 52.4 Å². The minimum absolute atomic E-state index is 0.170. The molecule has 4 nitrogen and oxygen atoms in total. The normalized spacial score (nSPS) is 12.5. The zero-order valence-corrected chi connectivity index (χ0v) is 15.8. The second-order valence-corrected chi connectivity index (χ2v) is 12.4. The molecule has 0 aromatic heterocycles. The van der Waals surface area contributed by atoms with E-state index in [0.717, 1.165) is 5.56 Å². The van der Waals surface area contributed by atoms with Crippen LogP contribution in [0, 0.1) is 17.0 Å². The molecule has 0 aliphatic heterocycles. The number of nitrogens with zero attached hydrogens (tertiary/aromatic N) is 1. The zero-order chi connectivity index (χ0) is 17.1. The molecule has 0 saturated carbocycles. The number of hydrogen-bond donors (Lipinski definition) is 0. The van der Waals surface area contributed by atoms with Crippen LogP contribution in [0.15, 0.2) is 18.2 Å². The zero-order valence-electron chi connectivity index (χ0n) is 14.8. The van der Waals surface area contributed by atoms with Gasteiger partial charge in [0.25, 0.3) is 5.69 Å². The van der Waals surface area contributed by atoms with Crippen molar-refractivity contribution in [2.75, 3.05) is 0 Å². The Hall–Kier alpha value is -1.20. The van der Waals surface area contributed by atoms with Crippen molar-refractivity contribution in [3.63, 3.8) is 0 Å². The van der Waals surface area contributed by atoms with Crippen LogP contribution in [0.4, 0.5) is 5.69 Å². The summed E-state index contributed by atoms with van der Waals surface area (Å²) in [4.78, 5) is 10.6. The van der Waals surface area contributed by atoms with Crippen LogP contribution in [0.1, 0.15) is 52.7 Å². The molecule has 0 amide bonds. The van der Waals surface area contributed by atoms with Gasteiger partial charge in [0.05, 0.1) is 11.5 Å². The molecule has 0 saturated heterocycles. The maximum Gasteiger partial charge on any atom is 0.272 e. The van der Waals surface area contributed by atoms with Crippen molar-refractivity contribution >= 4 is 14.0 Å². The summed E-state index contributed by atoms with van der Waals surface area (Å²) < 4.78 is 6.52. The SMILES string of the molecule is Cc1cc(CO[Si](C(C)C)(C(C)C)C(C)C)ccc1[N+](=O)[O-]. The molecule has 1 aromatic rings. The van der Waals surface area contributed by atoms with Gasteiger partial charge in [-0.2, -0.15) is 0 Å². The molecule has 0 fully saturated rings. The van der Waals surface area contributed by atoms with Gasteiger partial charge in [0.1, 0.15) is 0 Å².